The molecule has 0 spiro atoms. The number of nitrogens with zero attached hydrogens (tertiary/aromatic N) is 2. The maximum absolute atomic E-state index is 12.7. The van der Waals surface area contributed by atoms with Gasteiger partial charge >= 0.3 is 5.97 Å². The molecule has 1 heterocycles. The van der Waals surface area contributed by atoms with E-state index in [0.29, 0.717) is 25.1 Å². The fraction of sp³-hybridized carbons (Fsp3) is 0.579. The minimum atomic E-state index is -3.58. The number of carbonyl (C=O) groups is 2. The second-order valence-corrected chi connectivity index (χ2v) is 9.33. The van der Waals surface area contributed by atoms with Gasteiger partial charge in [0.15, 0.2) is 0 Å². The highest BCUT2D eigenvalue weighted by Gasteiger charge is 2.26. The van der Waals surface area contributed by atoms with Crippen LogP contribution in [0.2, 0.25) is 0 Å². The average molecular weight is 397 g/mol. The summed E-state index contributed by atoms with van der Waals surface area (Å²) >= 11 is 0. The number of benzene rings is 1. The zero-order valence-electron chi connectivity index (χ0n) is 16.1. The first-order valence-electron chi connectivity index (χ1n) is 9.22. The number of piperidine rings is 1. The molecule has 1 amide bonds. The number of aliphatic carboxylic acids is 1. The molecule has 1 aliphatic rings. The molecule has 0 radical (unpaired) electrons. The van der Waals surface area contributed by atoms with Gasteiger partial charge in [-0.1, -0.05) is 0 Å². The number of hydrogen-bond donors (Lipinski definition) is 1. The fourth-order valence-electron chi connectivity index (χ4n) is 3.21. The topological polar surface area (TPSA) is 95.0 Å². The van der Waals surface area contributed by atoms with E-state index in [0.717, 1.165) is 12.8 Å². The molecular formula is C19H28N2O5S. The van der Waals surface area contributed by atoms with Crippen molar-refractivity contribution in [3.63, 3.8) is 0 Å². The third kappa shape index (κ3) is 5.29. The Hall–Kier alpha value is -1.93. The summed E-state index contributed by atoms with van der Waals surface area (Å²) in [6.45, 7) is 4.78. The van der Waals surface area contributed by atoms with E-state index < -0.39 is 16.0 Å². The van der Waals surface area contributed by atoms with Gasteiger partial charge in [-0.2, -0.15) is 4.31 Å². The summed E-state index contributed by atoms with van der Waals surface area (Å²) in [7, 11) is -2.05. The van der Waals surface area contributed by atoms with Gasteiger partial charge in [0.05, 0.1) is 4.90 Å². The Morgan fingerprint density at radius 3 is 2.44 bits per heavy atom. The Bertz CT molecular complexity index is 774. The molecule has 1 saturated heterocycles. The van der Waals surface area contributed by atoms with Gasteiger partial charge < -0.3 is 10.0 Å². The predicted octanol–water partition coefficient (Wildman–Crippen LogP) is 2.43. The van der Waals surface area contributed by atoms with Gasteiger partial charge in [-0.05, 0) is 63.3 Å². The molecule has 7 nitrogen and oxygen atoms in total. The molecule has 1 N–H and O–H groups in total. The van der Waals surface area contributed by atoms with E-state index in [1.165, 1.54) is 23.5 Å². The SMILES string of the molecule is CC(C)N(C)S(=O)(=O)c1ccc(C(=O)N2CCCC(CCC(=O)O)C2)cc1. The number of carboxylic acid groups (broad SMARTS) is 1. The molecule has 150 valence electrons. The number of likely N-dealkylation sites (tertiary alicyclic amines) is 1. The first-order chi connectivity index (χ1) is 12.6. The number of carboxylic acids is 1. The lowest BCUT2D eigenvalue weighted by atomic mass is 9.93. The zero-order chi connectivity index (χ0) is 20.2. The number of rotatable bonds is 7. The van der Waals surface area contributed by atoms with Crippen LogP contribution in [0, 0.1) is 5.92 Å². The van der Waals surface area contributed by atoms with Crippen molar-refractivity contribution in [2.45, 2.75) is 50.5 Å². The summed E-state index contributed by atoms with van der Waals surface area (Å²) in [5.41, 5.74) is 0.444. The molecule has 1 atom stereocenters. The quantitative estimate of drug-likeness (QED) is 0.764. The van der Waals surface area contributed by atoms with Crippen LogP contribution in [0.5, 0.6) is 0 Å². The minimum absolute atomic E-state index is 0.114. The number of amides is 1. The van der Waals surface area contributed by atoms with Gasteiger partial charge in [0.2, 0.25) is 10.0 Å². The van der Waals surface area contributed by atoms with Gasteiger partial charge in [-0.25, -0.2) is 8.42 Å². The van der Waals surface area contributed by atoms with E-state index in [2.05, 4.69) is 0 Å². The zero-order valence-corrected chi connectivity index (χ0v) is 16.9. The van der Waals surface area contributed by atoms with Crippen LogP contribution in [0.25, 0.3) is 0 Å². The lowest BCUT2D eigenvalue weighted by molar-refractivity contribution is -0.137. The largest absolute Gasteiger partial charge is 0.481 e. The van der Waals surface area contributed by atoms with E-state index in [9.17, 15) is 18.0 Å². The molecule has 0 aliphatic carbocycles. The molecule has 2 rings (SSSR count). The summed E-state index contributed by atoms with van der Waals surface area (Å²) < 4.78 is 26.3. The second-order valence-electron chi connectivity index (χ2n) is 7.33. The van der Waals surface area contributed by atoms with Gasteiger partial charge in [-0.3, -0.25) is 9.59 Å². The molecule has 8 heteroatoms. The third-order valence-electron chi connectivity index (χ3n) is 5.08. The molecule has 1 aromatic rings. The van der Waals surface area contributed by atoms with E-state index in [1.807, 2.05) is 0 Å². The molecule has 0 bridgehead atoms. The molecule has 1 aliphatic heterocycles. The summed E-state index contributed by atoms with van der Waals surface area (Å²) in [5.74, 6) is -0.768. The summed E-state index contributed by atoms with van der Waals surface area (Å²) in [5, 5.41) is 8.83. The lowest BCUT2D eigenvalue weighted by Gasteiger charge is -2.32. The Balaban J connectivity index is 2.08. The van der Waals surface area contributed by atoms with Gasteiger partial charge in [0, 0.05) is 38.2 Å². The van der Waals surface area contributed by atoms with Crippen LogP contribution in [0.15, 0.2) is 29.2 Å². The van der Waals surface area contributed by atoms with Crippen LogP contribution in [-0.2, 0) is 14.8 Å². The highest BCUT2D eigenvalue weighted by molar-refractivity contribution is 7.89. The first-order valence-corrected chi connectivity index (χ1v) is 10.7. The normalized spacial score (nSPS) is 18.1. The van der Waals surface area contributed by atoms with E-state index >= 15 is 0 Å². The first kappa shape index (κ1) is 21.4. The molecule has 1 unspecified atom stereocenters. The lowest BCUT2D eigenvalue weighted by Crippen LogP contribution is -2.40. The van der Waals surface area contributed by atoms with E-state index in [-0.39, 0.29) is 29.2 Å². The molecule has 0 saturated carbocycles. The van der Waals surface area contributed by atoms with Crippen molar-refractivity contribution in [1.29, 1.82) is 0 Å². The van der Waals surface area contributed by atoms with Crippen molar-refractivity contribution < 1.29 is 23.1 Å². The number of carbonyl (C=O) groups excluding carboxylic acids is 1. The van der Waals surface area contributed by atoms with Crippen LogP contribution < -0.4 is 0 Å². The number of hydrogen-bond acceptors (Lipinski definition) is 4. The Morgan fingerprint density at radius 1 is 1.26 bits per heavy atom. The average Bonchev–Trinajstić information content (AvgIpc) is 2.65. The van der Waals surface area contributed by atoms with Crippen LogP contribution in [0.1, 0.15) is 49.9 Å². The second kappa shape index (κ2) is 8.84. The molecular weight excluding hydrogens is 368 g/mol. The van der Waals surface area contributed by atoms with Crippen LogP contribution in [0.3, 0.4) is 0 Å². The van der Waals surface area contributed by atoms with Gasteiger partial charge in [0.1, 0.15) is 0 Å². The smallest absolute Gasteiger partial charge is 0.303 e. The highest BCUT2D eigenvalue weighted by Crippen LogP contribution is 2.23. The molecule has 0 aromatic heterocycles. The van der Waals surface area contributed by atoms with Crippen molar-refractivity contribution >= 4 is 21.9 Å². The summed E-state index contributed by atoms with van der Waals surface area (Å²) in [4.78, 5) is 25.4. The maximum atomic E-state index is 12.7. The highest BCUT2D eigenvalue weighted by atomic mass is 32.2. The van der Waals surface area contributed by atoms with Crippen molar-refractivity contribution in [3.8, 4) is 0 Å². The maximum Gasteiger partial charge on any atom is 0.303 e. The van der Waals surface area contributed by atoms with Crippen molar-refractivity contribution in [3.05, 3.63) is 29.8 Å². The number of sulfonamides is 1. The Morgan fingerprint density at radius 2 is 1.89 bits per heavy atom. The van der Waals surface area contributed by atoms with Crippen LogP contribution in [0.4, 0.5) is 0 Å². The van der Waals surface area contributed by atoms with Crippen molar-refractivity contribution in [2.75, 3.05) is 20.1 Å². The standard InChI is InChI=1S/C19H28N2O5S/c1-14(2)20(3)27(25,26)17-9-7-16(8-10-17)19(24)21-12-4-5-15(13-21)6-11-18(22)23/h7-10,14-15H,4-6,11-13H2,1-3H3,(H,22,23). The van der Waals surface area contributed by atoms with E-state index in [4.69, 9.17) is 5.11 Å². The van der Waals surface area contributed by atoms with Crippen LogP contribution >= 0.6 is 0 Å². The van der Waals surface area contributed by atoms with Crippen LogP contribution in [-0.4, -0.2) is 60.8 Å². The monoisotopic (exact) mass is 396 g/mol. The predicted molar refractivity (Wildman–Crippen MR) is 102 cm³/mol. The van der Waals surface area contributed by atoms with Gasteiger partial charge in [0.25, 0.3) is 5.91 Å². The van der Waals surface area contributed by atoms with Crippen molar-refractivity contribution in [1.82, 2.24) is 9.21 Å². The van der Waals surface area contributed by atoms with E-state index in [1.54, 1.807) is 30.9 Å². The Labute approximate surface area is 161 Å². The summed E-state index contributed by atoms with van der Waals surface area (Å²) in [6, 6.07) is 5.86. The fourth-order valence-corrected chi connectivity index (χ4v) is 4.58. The summed E-state index contributed by atoms with van der Waals surface area (Å²) in [6.07, 6.45) is 2.46. The molecule has 1 aromatic carbocycles. The molecule has 27 heavy (non-hydrogen) atoms. The van der Waals surface area contributed by atoms with Gasteiger partial charge in [-0.15, -0.1) is 0 Å². The third-order valence-corrected chi connectivity index (χ3v) is 7.13. The Kier molecular flexibility index (Phi) is 7.00. The molecule has 1 fully saturated rings. The minimum Gasteiger partial charge on any atom is -0.481 e. The van der Waals surface area contributed by atoms with Crippen molar-refractivity contribution in [2.24, 2.45) is 5.92 Å².